The standard InChI is InChI=1S/C25H41FN2O.C7H7F.C3H6O2.C2H6/c1-8-13-27(14-12-18(3)9-2)24(29)22-17-28(25(5,6)7)16-21(22)20-11-10-19(4)15-23(20)26;1-6-3-2-4-7(8)5-6;1-2-3(4)5;1-2/h10-11,15,18,21-22H,8-9,12-14,16-17H2,1-7H3;2-5H,1H3;2H2,1H3,(H,4,5);1-2H3/t18?,21-,22?;;;/m0.../s1. The van der Waals surface area contributed by atoms with Crippen LogP contribution in [0.1, 0.15) is 111 Å². The fourth-order valence-corrected chi connectivity index (χ4v) is 4.87. The maximum atomic E-state index is 14.9. The summed E-state index contributed by atoms with van der Waals surface area (Å²) in [5, 5.41) is 7.72. The van der Waals surface area contributed by atoms with Crippen LogP contribution < -0.4 is 0 Å². The molecule has 44 heavy (non-hydrogen) atoms. The van der Waals surface area contributed by atoms with Crippen LogP contribution in [0.25, 0.3) is 0 Å². The molecule has 0 radical (unpaired) electrons. The molecule has 1 heterocycles. The minimum atomic E-state index is -0.745. The van der Waals surface area contributed by atoms with Crippen LogP contribution in [-0.4, -0.2) is 58.5 Å². The molecule has 1 aliphatic rings. The molecule has 3 atom stereocenters. The molecule has 250 valence electrons. The van der Waals surface area contributed by atoms with E-state index in [1.807, 2.05) is 50.8 Å². The zero-order chi connectivity index (χ0) is 34.0. The molecule has 5 nitrogen and oxygen atoms in total. The number of hydrogen-bond acceptors (Lipinski definition) is 3. The molecule has 0 spiro atoms. The molecule has 1 fully saturated rings. The quantitative estimate of drug-likeness (QED) is 0.304. The summed E-state index contributed by atoms with van der Waals surface area (Å²) < 4.78 is 27.0. The number of aryl methyl sites for hydroxylation is 2. The molecule has 7 heteroatoms. The van der Waals surface area contributed by atoms with E-state index in [9.17, 15) is 18.4 Å². The first kappa shape index (κ1) is 41.2. The summed E-state index contributed by atoms with van der Waals surface area (Å²) in [7, 11) is 0. The highest BCUT2D eigenvalue weighted by atomic mass is 19.1. The van der Waals surface area contributed by atoms with Gasteiger partial charge < -0.3 is 10.0 Å². The van der Waals surface area contributed by atoms with Crippen molar-refractivity contribution < 1.29 is 23.5 Å². The lowest BCUT2D eigenvalue weighted by Gasteiger charge is -2.32. The van der Waals surface area contributed by atoms with Crippen molar-refractivity contribution in [3.8, 4) is 0 Å². The van der Waals surface area contributed by atoms with Crippen molar-refractivity contribution in [2.24, 2.45) is 11.8 Å². The van der Waals surface area contributed by atoms with Gasteiger partial charge in [-0.05, 0) is 88.3 Å². The van der Waals surface area contributed by atoms with Gasteiger partial charge in [0.2, 0.25) is 5.91 Å². The van der Waals surface area contributed by atoms with E-state index < -0.39 is 5.97 Å². The van der Waals surface area contributed by atoms with E-state index >= 15 is 0 Å². The Hall–Kier alpha value is -2.80. The van der Waals surface area contributed by atoms with E-state index in [-0.39, 0.29) is 41.3 Å². The van der Waals surface area contributed by atoms with Crippen LogP contribution in [0.4, 0.5) is 8.78 Å². The van der Waals surface area contributed by atoms with Crippen LogP contribution in [-0.2, 0) is 9.59 Å². The van der Waals surface area contributed by atoms with E-state index in [1.165, 1.54) is 12.1 Å². The predicted octanol–water partition coefficient (Wildman–Crippen LogP) is 9.26. The summed E-state index contributed by atoms with van der Waals surface area (Å²) in [5.41, 5.74) is 2.53. The summed E-state index contributed by atoms with van der Waals surface area (Å²) in [5.74, 6) is -0.547. The molecule has 1 N–H and O–H groups in total. The topological polar surface area (TPSA) is 60.9 Å². The number of hydrogen-bond donors (Lipinski definition) is 1. The smallest absolute Gasteiger partial charge is 0.303 e. The summed E-state index contributed by atoms with van der Waals surface area (Å²) in [6, 6.07) is 12.0. The predicted molar refractivity (Wildman–Crippen MR) is 180 cm³/mol. The van der Waals surface area contributed by atoms with E-state index in [0.717, 1.165) is 50.0 Å². The number of carboxylic acids is 1. The molecule has 2 unspecified atom stereocenters. The van der Waals surface area contributed by atoms with Crippen molar-refractivity contribution in [3.63, 3.8) is 0 Å². The molecular formula is C37H60F2N2O3. The van der Waals surface area contributed by atoms with Gasteiger partial charge in [-0.2, -0.15) is 0 Å². The average Bonchev–Trinajstić information content (AvgIpc) is 3.42. The van der Waals surface area contributed by atoms with E-state index in [4.69, 9.17) is 5.11 Å². The third-order valence-corrected chi connectivity index (χ3v) is 7.82. The maximum Gasteiger partial charge on any atom is 0.303 e. The first-order chi connectivity index (χ1) is 20.6. The Kier molecular flexibility index (Phi) is 19.7. The van der Waals surface area contributed by atoms with Crippen molar-refractivity contribution in [2.45, 2.75) is 113 Å². The molecule has 1 amide bonds. The minimum absolute atomic E-state index is 0.0409. The fourth-order valence-electron chi connectivity index (χ4n) is 4.87. The largest absolute Gasteiger partial charge is 0.481 e. The lowest BCUT2D eigenvalue weighted by atomic mass is 9.87. The highest BCUT2D eigenvalue weighted by Crippen LogP contribution is 2.38. The number of likely N-dealkylation sites (tertiary alicyclic amines) is 1. The van der Waals surface area contributed by atoms with Crippen LogP contribution in [0, 0.1) is 37.3 Å². The second kappa shape index (κ2) is 21.0. The summed E-state index contributed by atoms with van der Waals surface area (Å²) in [4.78, 5) is 27.4. The molecule has 1 aliphatic heterocycles. The number of benzene rings is 2. The van der Waals surface area contributed by atoms with Gasteiger partial charge in [-0.3, -0.25) is 14.5 Å². The van der Waals surface area contributed by atoms with Gasteiger partial charge in [0.15, 0.2) is 0 Å². The van der Waals surface area contributed by atoms with Gasteiger partial charge >= 0.3 is 5.97 Å². The highest BCUT2D eigenvalue weighted by Gasteiger charge is 2.44. The van der Waals surface area contributed by atoms with E-state index in [2.05, 4.69) is 46.4 Å². The third kappa shape index (κ3) is 14.8. The van der Waals surface area contributed by atoms with Crippen LogP contribution >= 0.6 is 0 Å². The van der Waals surface area contributed by atoms with Gasteiger partial charge in [0.05, 0.1) is 5.92 Å². The van der Waals surface area contributed by atoms with Crippen molar-refractivity contribution in [1.82, 2.24) is 9.80 Å². The number of carboxylic acid groups (broad SMARTS) is 1. The second-order valence-electron chi connectivity index (χ2n) is 12.5. The Bertz CT molecular complexity index is 1100. The third-order valence-electron chi connectivity index (χ3n) is 7.82. The molecular weight excluding hydrogens is 558 g/mol. The van der Waals surface area contributed by atoms with Gasteiger partial charge in [0.25, 0.3) is 0 Å². The Morgan fingerprint density at radius 2 is 1.57 bits per heavy atom. The lowest BCUT2D eigenvalue weighted by Crippen LogP contribution is -2.43. The monoisotopic (exact) mass is 618 g/mol. The molecule has 0 aliphatic carbocycles. The van der Waals surface area contributed by atoms with Gasteiger partial charge in [-0.1, -0.05) is 72.2 Å². The van der Waals surface area contributed by atoms with Gasteiger partial charge in [0, 0.05) is 44.1 Å². The number of rotatable bonds is 9. The lowest BCUT2D eigenvalue weighted by molar-refractivity contribution is -0.137. The first-order valence-electron chi connectivity index (χ1n) is 16.4. The summed E-state index contributed by atoms with van der Waals surface area (Å²) in [6.07, 6.45) is 3.33. The molecule has 1 saturated heterocycles. The number of aliphatic carboxylic acids is 1. The van der Waals surface area contributed by atoms with Gasteiger partial charge in [-0.15, -0.1) is 0 Å². The van der Waals surface area contributed by atoms with Crippen molar-refractivity contribution in [3.05, 3.63) is 70.8 Å². The minimum Gasteiger partial charge on any atom is -0.481 e. The van der Waals surface area contributed by atoms with Gasteiger partial charge in [0.1, 0.15) is 11.6 Å². The first-order valence-corrected chi connectivity index (χ1v) is 16.4. The molecule has 3 rings (SSSR count). The Balaban J connectivity index is 0.00000101. The summed E-state index contributed by atoms with van der Waals surface area (Å²) >= 11 is 0. The van der Waals surface area contributed by atoms with Crippen LogP contribution in [0.15, 0.2) is 42.5 Å². The van der Waals surface area contributed by atoms with Crippen molar-refractivity contribution in [1.29, 1.82) is 0 Å². The van der Waals surface area contributed by atoms with E-state index in [0.29, 0.717) is 18.0 Å². The molecule has 0 saturated carbocycles. The number of carbonyl (C=O) groups excluding carboxylic acids is 1. The normalized spacial score (nSPS) is 16.8. The van der Waals surface area contributed by atoms with E-state index in [1.54, 1.807) is 19.1 Å². The number of carbonyl (C=O) groups is 2. The summed E-state index contributed by atoms with van der Waals surface area (Å²) in [6.45, 7) is 25.5. The SMILES string of the molecule is CC.CCC(=O)O.CCCN(CCC(C)CC)C(=O)C1CN(C(C)(C)C)C[C@H]1c1ccc(C)cc1F.Cc1cccc(F)c1. The maximum absolute atomic E-state index is 14.9. The Morgan fingerprint density at radius 3 is 2.00 bits per heavy atom. The number of halogens is 2. The fraction of sp³-hybridized carbons (Fsp3) is 0.622. The second-order valence-corrected chi connectivity index (χ2v) is 12.5. The molecule has 2 aromatic carbocycles. The average molecular weight is 619 g/mol. The number of amides is 1. The number of nitrogens with zero attached hydrogens (tertiary/aromatic N) is 2. The van der Waals surface area contributed by atoms with Crippen LogP contribution in [0.5, 0.6) is 0 Å². The Labute approximate surface area is 267 Å². The van der Waals surface area contributed by atoms with Crippen LogP contribution in [0.2, 0.25) is 0 Å². The zero-order valence-corrected chi connectivity index (χ0v) is 29.3. The van der Waals surface area contributed by atoms with Crippen LogP contribution in [0.3, 0.4) is 0 Å². The molecule has 2 aromatic rings. The Morgan fingerprint density at radius 1 is 0.977 bits per heavy atom. The van der Waals surface area contributed by atoms with Crippen molar-refractivity contribution in [2.75, 3.05) is 26.2 Å². The molecule has 0 aromatic heterocycles. The van der Waals surface area contributed by atoms with Crippen molar-refractivity contribution >= 4 is 11.9 Å². The van der Waals surface area contributed by atoms with Gasteiger partial charge in [-0.25, -0.2) is 8.78 Å². The highest BCUT2D eigenvalue weighted by molar-refractivity contribution is 5.80. The zero-order valence-electron chi connectivity index (χ0n) is 29.3. The molecule has 0 bridgehead atoms.